The molecule has 0 saturated carbocycles. The topological polar surface area (TPSA) is 113 Å². The van der Waals surface area contributed by atoms with Crippen molar-refractivity contribution in [3.05, 3.63) is 93.5 Å². The predicted octanol–water partition coefficient (Wildman–Crippen LogP) is 5.27. The molecule has 7 nitrogen and oxygen atoms in total. The number of carbonyl (C=O) groups excluding carboxylic acids is 2. The molecule has 172 valence electrons. The molecule has 0 spiro atoms. The van der Waals surface area contributed by atoms with Crippen molar-refractivity contribution >= 4 is 49.5 Å². The number of hydrogen-bond acceptors (Lipinski definition) is 6. The third kappa shape index (κ3) is 5.98. The highest BCUT2D eigenvalue weighted by molar-refractivity contribution is 9.10. The van der Waals surface area contributed by atoms with E-state index in [2.05, 4.69) is 21.2 Å². The average Bonchev–Trinajstić information content (AvgIpc) is 2.79. The summed E-state index contributed by atoms with van der Waals surface area (Å²) in [5.74, 6) is -1.07. The Kier molecular flexibility index (Phi) is 7.66. The van der Waals surface area contributed by atoms with Crippen molar-refractivity contribution in [2.24, 2.45) is 0 Å². The maximum atomic E-state index is 12.8. The second-order valence-electron chi connectivity index (χ2n) is 7.26. The summed E-state index contributed by atoms with van der Waals surface area (Å²) in [5.41, 5.74) is 1.32. The summed E-state index contributed by atoms with van der Waals surface area (Å²) >= 11 is 3.30. The van der Waals surface area contributed by atoms with Crippen molar-refractivity contribution in [3.63, 3.8) is 0 Å². The fraction of sp³-hybridized carbons (Fsp3) is 0.0800. The summed E-state index contributed by atoms with van der Waals surface area (Å²) in [7, 11) is -4.16. The number of ketones is 1. The van der Waals surface area contributed by atoms with E-state index in [1.165, 1.54) is 37.3 Å². The van der Waals surface area contributed by atoms with E-state index in [0.717, 1.165) is 5.56 Å². The zero-order valence-corrected chi connectivity index (χ0v) is 20.6. The van der Waals surface area contributed by atoms with Gasteiger partial charge in [-0.1, -0.05) is 45.8 Å². The van der Waals surface area contributed by atoms with Gasteiger partial charge in [0.2, 0.25) is 0 Å². The minimum absolute atomic E-state index is 0.0324. The van der Waals surface area contributed by atoms with Crippen LogP contribution in [0.2, 0.25) is 0 Å². The number of anilines is 1. The first-order valence-corrected chi connectivity index (χ1v) is 12.1. The molecule has 0 bridgehead atoms. The molecule has 0 heterocycles. The fourth-order valence-electron chi connectivity index (χ4n) is 2.97. The first kappa shape index (κ1) is 24.9. The lowest BCUT2D eigenvalue weighted by atomic mass is 10.1. The van der Waals surface area contributed by atoms with Crippen molar-refractivity contribution in [2.45, 2.75) is 18.7 Å². The molecule has 0 saturated heterocycles. The average molecular weight is 539 g/mol. The van der Waals surface area contributed by atoms with Gasteiger partial charge in [-0.15, -0.1) is 0 Å². The second-order valence-corrected chi connectivity index (χ2v) is 9.72. The van der Waals surface area contributed by atoms with Crippen LogP contribution in [0, 0.1) is 18.3 Å². The van der Waals surface area contributed by atoms with Gasteiger partial charge < -0.3 is 9.50 Å². The third-order valence-corrected chi connectivity index (χ3v) is 6.44. The second kappa shape index (κ2) is 10.5. The molecule has 0 aromatic heterocycles. The fourth-order valence-corrected chi connectivity index (χ4v) is 4.30. The summed E-state index contributed by atoms with van der Waals surface area (Å²) in [6.07, 6.45) is 1.22. The largest absolute Gasteiger partial charge is 0.378 e. The molecule has 9 heteroatoms. The molecule has 0 aliphatic heterocycles. The van der Waals surface area contributed by atoms with Crippen LogP contribution in [0.15, 0.2) is 81.7 Å². The van der Waals surface area contributed by atoms with E-state index in [-0.39, 0.29) is 33.3 Å². The number of hydrogen-bond donors (Lipinski definition) is 1. The number of rotatable bonds is 7. The molecule has 0 aliphatic carbocycles. The van der Waals surface area contributed by atoms with Gasteiger partial charge in [-0.2, -0.15) is 13.7 Å². The molecule has 0 unspecified atom stereocenters. The lowest BCUT2D eigenvalue weighted by molar-refractivity contribution is -0.112. The van der Waals surface area contributed by atoms with Gasteiger partial charge in [0.05, 0.1) is 5.69 Å². The first-order chi connectivity index (χ1) is 16.1. The Hall–Kier alpha value is -3.74. The third-order valence-electron chi connectivity index (χ3n) is 4.70. The van der Waals surface area contributed by atoms with Crippen LogP contribution in [0.1, 0.15) is 28.4 Å². The van der Waals surface area contributed by atoms with E-state index >= 15 is 0 Å². The number of halogens is 1. The highest BCUT2D eigenvalue weighted by atomic mass is 79.9. The summed E-state index contributed by atoms with van der Waals surface area (Å²) in [6.45, 7) is 3.20. The number of para-hydroxylation sites is 1. The molecule has 0 radical (unpaired) electrons. The van der Waals surface area contributed by atoms with E-state index < -0.39 is 16.0 Å². The Morgan fingerprint density at radius 2 is 1.74 bits per heavy atom. The van der Waals surface area contributed by atoms with E-state index in [1.54, 1.807) is 42.5 Å². The Morgan fingerprint density at radius 1 is 1.06 bits per heavy atom. The normalized spacial score (nSPS) is 11.4. The molecule has 0 aliphatic rings. The van der Waals surface area contributed by atoms with Gasteiger partial charge in [-0.25, -0.2) is 0 Å². The summed E-state index contributed by atoms with van der Waals surface area (Å²) in [5, 5.41) is 12.1. The molecule has 3 aromatic carbocycles. The van der Waals surface area contributed by atoms with Crippen molar-refractivity contribution in [1.29, 1.82) is 5.26 Å². The number of nitrogens with one attached hydrogen (secondary N) is 1. The van der Waals surface area contributed by atoms with Crippen molar-refractivity contribution in [1.82, 2.24) is 0 Å². The van der Waals surface area contributed by atoms with Gasteiger partial charge in [0.1, 0.15) is 22.3 Å². The van der Waals surface area contributed by atoms with Crippen LogP contribution in [0.25, 0.3) is 6.08 Å². The Morgan fingerprint density at radius 3 is 2.38 bits per heavy atom. The molecule has 3 rings (SSSR count). The maximum absolute atomic E-state index is 12.8. The Labute approximate surface area is 205 Å². The number of aryl methyl sites for hydroxylation is 1. The smallest absolute Gasteiger partial charge is 0.339 e. The van der Waals surface area contributed by atoms with E-state index in [4.69, 9.17) is 4.18 Å². The molecule has 0 fully saturated rings. The molecule has 1 N–H and O–H groups in total. The standard InChI is InChI=1S/C25H19BrN2O5S/c1-16-7-10-21(11-8-16)34(31,32)33-24-12-9-20(26)14-18(24)13-19(15-27)25(30)28-23-6-4-3-5-22(23)17(2)29/h3-14H,1-2H3,(H,28,30)/b19-13-. The molecular formula is C25H19BrN2O5S. The maximum Gasteiger partial charge on any atom is 0.339 e. The minimum Gasteiger partial charge on any atom is -0.378 e. The van der Waals surface area contributed by atoms with Crippen LogP contribution >= 0.6 is 15.9 Å². The van der Waals surface area contributed by atoms with Crippen LogP contribution in [-0.4, -0.2) is 20.1 Å². The Balaban J connectivity index is 1.96. The Bertz CT molecular complexity index is 1440. The van der Waals surface area contributed by atoms with Gasteiger partial charge in [0, 0.05) is 15.6 Å². The van der Waals surface area contributed by atoms with Crippen LogP contribution in [0.4, 0.5) is 5.69 Å². The summed E-state index contributed by atoms with van der Waals surface area (Å²) in [4.78, 5) is 24.6. The molecule has 0 atom stereocenters. The van der Waals surface area contributed by atoms with E-state index in [9.17, 15) is 23.3 Å². The molecule has 1 amide bonds. The quantitative estimate of drug-likeness (QED) is 0.189. The number of Topliss-reactive ketones (excluding diaryl/α,β-unsaturated/α-hetero) is 1. The SMILES string of the molecule is CC(=O)c1ccccc1NC(=O)/C(C#N)=C\c1cc(Br)ccc1OS(=O)(=O)c1ccc(C)cc1. The first-order valence-electron chi connectivity index (χ1n) is 9.94. The molecule has 34 heavy (non-hydrogen) atoms. The highest BCUT2D eigenvalue weighted by Gasteiger charge is 2.20. The summed E-state index contributed by atoms with van der Waals surface area (Å²) < 4.78 is 31.4. The summed E-state index contributed by atoms with van der Waals surface area (Å²) in [6, 6.07) is 18.9. The zero-order valence-electron chi connectivity index (χ0n) is 18.2. The number of nitrogens with zero attached hydrogens (tertiary/aromatic N) is 1. The van der Waals surface area contributed by atoms with Gasteiger partial charge in [0.15, 0.2) is 5.78 Å². The van der Waals surface area contributed by atoms with Crippen LogP contribution in [0.3, 0.4) is 0 Å². The van der Waals surface area contributed by atoms with Gasteiger partial charge in [-0.3, -0.25) is 9.59 Å². The van der Waals surface area contributed by atoms with Crippen LogP contribution in [-0.2, 0) is 14.9 Å². The van der Waals surface area contributed by atoms with Gasteiger partial charge in [-0.05, 0) is 62.4 Å². The number of amides is 1. The van der Waals surface area contributed by atoms with E-state index in [1.807, 2.05) is 13.0 Å². The molecule has 3 aromatic rings. The van der Waals surface area contributed by atoms with Crippen LogP contribution < -0.4 is 9.50 Å². The van der Waals surface area contributed by atoms with E-state index in [0.29, 0.717) is 10.0 Å². The van der Waals surface area contributed by atoms with Gasteiger partial charge >= 0.3 is 10.1 Å². The van der Waals surface area contributed by atoms with Crippen LogP contribution in [0.5, 0.6) is 5.75 Å². The lowest BCUT2D eigenvalue weighted by Gasteiger charge is -2.11. The molecular weight excluding hydrogens is 520 g/mol. The van der Waals surface area contributed by atoms with Crippen molar-refractivity contribution in [2.75, 3.05) is 5.32 Å². The zero-order chi connectivity index (χ0) is 24.9. The lowest BCUT2D eigenvalue weighted by Crippen LogP contribution is -2.16. The number of carbonyl (C=O) groups is 2. The minimum atomic E-state index is -4.16. The highest BCUT2D eigenvalue weighted by Crippen LogP contribution is 2.29. The monoisotopic (exact) mass is 538 g/mol. The van der Waals surface area contributed by atoms with Crippen molar-refractivity contribution < 1.29 is 22.2 Å². The van der Waals surface area contributed by atoms with Crippen molar-refractivity contribution in [3.8, 4) is 11.8 Å². The predicted molar refractivity (Wildman–Crippen MR) is 132 cm³/mol. The number of nitriles is 1. The van der Waals surface area contributed by atoms with Gasteiger partial charge in [0.25, 0.3) is 5.91 Å². The number of benzene rings is 3.